The van der Waals surface area contributed by atoms with Gasteiger partial charge in [-0.05, 0) is 133 Å². The van der Waals surface area contributed by atoms with Crippen molar-refractivity contribution in [2.75, 3.05) is 0 Å². The van der Waals surface area contributed by atoms with Crippen molar-refractivity contribution in [3.8, 4) is 39.8 Å². The summed E-state index contributed by atoms with van der Waals surface area (Å²) in [5, 5.41) is 2.35. The van der Waals surface area contributed by atoms with Crippen molar-refractivity contribution in [1.29, 1.82) is 0 Å². The fourth-order valence-electron chi connectivity index (χ4n) is 12.0. The van der Waals surface area contributed by atoms with Crippen molar-refractivity contribution in [1.82, 2.24) is 14.1 Å². The first-order valence-corrected chi connectivity index (χ1v) is 29.2. The van der Waals surface area contributed by atoms with Crippen LogP contribution in [0.2, 0.25) is 0 Å². The van der Waals surface area contributed by atoms with Crippen LogP contribution in [0, 0.1) is 6.33 Å². The van der Waals surface area contributed by atoms with E-state index < -0.39 is 10.8 Å². The van der Waals surface area contributed by atoms with E-state index in [2.05, 4.69) is 330 Å². The highest BCUT2D eigenvalue weighted by molar-refractivity contribution is 6.09. The van der Waals surface area contributed by atoms with Crippen LogP contribution in [-0.4, -0.2) is 14.1 Å². The third-order valence-corrected chi connectivity index (χ3v) is 17.2. The molecule has 8 aromatic carbocycles. The lowest BCUT2D eigenvalue weighted by atomic mass is 9.73. The maximum absolute atomic E-state index is 7.29. The Morgan fingerprint density at radius 2 is 0.951 bits per heavy atom. The molecule has 0 fully saturated rings. The molecule has 82 heavy (non-hydrogen) atoms. The molecular weight excluding hydrogens is 997 g/mol. The minimum Gasteiger partial charge on any atom is -0.458 e. The molecule has 0 unspecified atom stereocenters. The average molecular weight is 1080 g/mol. The van der Waals surface area contributed by atoms with Gasteiger partial charge in [-0.25, -0.2) is 4.98 Å². The van der Waals surface area contributed by atoms with E-state index in [0.717, 1.165) is 73.2 Å². The van der Waals surface area contributed by atoms with Gasteiger partial charge in [0.05, 0.1) is 33.8 Å². The van der Waals surface area contributed by atoms with E-state index in [0.29, 0.717) is 0 Å². The van der Waals surface area contributed by atoms with Gasteiger partial charge in [0, 0.05) is 39.3 Å². The molecule has 0 radical (unpaired) electrons. The SMILES string of the molecule is CC(C)(C)c1cc(Oc2ccc3c4cc(C(C)(C)C)ccc4n(-c4cc(C(C)(C)C)ccn4)c3c2)cc(-n2[c-][n+](-c3cc(-c4ccccc4)cc(C(C)(C)c4ccccc4)c3)c(C(C)(C)c3ccccc3)c2C(C)(C)c2ccccc2)c1. The molecule has 0 saturated heterocycles. The summed E-state index contributed by atoms with van der Waals surface area (Å²) >= 11 is 0. The molecule has 5 nitrogen and oxygen atoms in total. The first-order valence-electron chi connectivity index (χ1n) is 29.2. The fourth-order valence-corrected chi connectivity index (χ4v) is 12.0. The van der Waals surface area contributed by atoms with Gasteiger partial charge in [-0.3, -0.25) is 13.7 Å². The number of ether oxygens (including phenoxy) is 1. The highest BCUT2D eigenvalue weighted by atomic mass is 16.5. The van der Waals surface area contributed by atoms with E-state index in [1.807, 2.05) is 6.20 Å². The molecular formula is C77H80N4O. The minimum atomic E-state index is -0.546. The lowest BCUT2D eigenvalue weighted by Crippen LogP contribution is -2.43. The number of imidazole rings is 1. The van der Waals surface area contributed by atoms with Crippen LogP contribution < -0.4 is 9.30 Å². The highest BCUT2D eigenvalue weighted by Gasteiger charge is 2.41. The molecule has 0 aliphatic rings. The van der Waals surface area contributed by atoms with Gasteiger partial charge < -0.3 is 4.74 Å². The van der Waals surface area contributed by atoms with Crippen molar-refractivity contribution in [3.05, 3.63) is 269 Å². The van der Waals surface area contributed by atoms with E-state index >= 15 is 0 Å². The van der Waals surface area contributed by atoms with Crippen LogP contribution >= 0.6 is 0 Å². The molecule has 0 spiro atoms. The van der Waals surface area contributed by atoms with E-state index in [1.165, 1.54) is 38.8 Å². The number of aromatic nitrogens is 4. The monoisotopic (exact) mass is 1080 g/mol. The summed E-state index contributed by atoms with van der Waals surface area (Å²) < 4.78 is 14.3. The Morgan fingerprint density at radius 3 is 1.55 bits per heavy atom. The Kier molecular flexibility index (Phi) is 14.0. The second kappa shape index (κ2) is 20.6. The second-order valence-electron chi connectivity index (χ2n) is 27.3. The molecule has 3 aromatic heterocycles. The molecule has 0 saturated carbocycles. The summed E-state index contributed by atoms with van der Waals surface area (Å²) in [7, 11) is 0. The molecule has 414 valence electrons. The maximum atomic E-state index is 7.29. The third-order valence-electron chi connectivity index (χ3n) is 17.2. The molecule has 11 rings (SSSR count). The molecule has 0 bridgehead atoms. The molecule has 0 amide bonds. The lowest BCUT2D eigenvalue weighted by Gasteiger charge is -2.35. The average Bonchev–Trinajstić information content (AvgIpc) is 2.50. The van der Waals surface area contributed by atoms with Crippen LogP contribution in [-0.2, 0) is 32.5 Å². The van der Waals surface area contributed by atoms with Gasteiger partial charge >= 0.3 is 0 Å². The zero-order valence-corrected chi connectivity index (χ0v) is 50.9. The van der Waals surface area contributed by atoms with Crippen molar-refractivity contribution in [2.24, 2.45) is 0 Å². The van der Waals surface area contributed by atoms with Gasteiger partial charge in [0.2, 0.25) is 0 Å². The van der Waals surface area contributed by atoms with Crippen molar-refractivity contribution >= 4 is 21.8 Å². The highest BCUT2D eigenvalue weighted by Crippen LogP contribution is 2.45. The molecule has 3 heterocycles. The predicted molar refractivity (Wildman–Crippen MR) is 342 cm³/mol. The first kappa shape index (κ1) is 55.6. The molecule has 0 atom stereocenters. The molecule has 0 aliphatic carbocycles. The molecule has 11 aromatic rings. The van der Waals surface area contributed by atoms with Crippen molar-refractivity contribution < 1.29 is 9.30 Å². The summed E-state index contributed by atoms with van der Waals surface area (Å²) in [5.41, 5.74) is 15.5. The van der Waals surface area contributed by atoms with Gasteiger partial charge in [-0.1, -0.05) is 237 Å². The van der Waals surface area contributed by atoms with E-state index in [9.17, 15) is 0 Å². The van der Waals surface area contributed by atoms with E-state index in [4.69, 9.17) is 9.72 Å². The van der Waals surface area contributed by atoms with Crippen LogP contribution in [0.1, 0.15) is 154 Å². The van der Waals surface area contributed by atoms with Crippen molar-refractivity contribution in [2.45, 2.75) is 136 Å². The van der Waals surface area contributed by atoms with Crippen LogP contribution in [0.3, 0.4) is 0 Å². The quantitative estimate of drug-likeness (QED) is 0.0903. The Hall–Kier alpha value is -8.28. The zero-order chi connectivity index (χ0) is 58.1. The standard InChI is InChI=1S/C77H80N4O/c1-72(2,3)57-36-39-67-66(47-57)65-38-37-63(50-68(65)81(67)69-48-58(40-41-78-69)73(4,5)6)82-64-46-59(74(7,8)9)44-62(49-64)80-51-79(70(76(12,13)55-32-24-18-25-33-55)71(80)77(14,15)56-34-26-19-27-35-56)61-43-53(52-28-20-16-21-29-52)42-60(45-61)75(10,11)54-30-22-17-23-31-54/h16-50H,1-15H3. The number of benzene rings is 8. The van der Waals surface area contributed by atoms with Gasteiger partial charge in [0.1, 0.15) is 17.3 Å². The Balaban J connectivity index is 1.18. The second-order valence-corrected chi connectivity index (χ2v) is 27.3. The van der Waals surface area contributed by atoms with Gasteiger partial charge in [0.15, 0.2) is 0 Å². The fraction of sp³-hybridized carbons (Fsp3) is 0.273. The Morgan fingerprint density at radius 1 is 0.390 bits per heavy atom. The number of fused-ring (bicyclic) bond motifs is 3. The normalized spacial score (nSPS) is 12.8. The first-order chi connectivity index (χ1) is 38.8. The largest absolute Gasteiger partial charge is 0.458 e. The Labute approximate surface area is 488 Å². The minimum absolute atomic E-state index is 0.0229. The summed E-state index contributed by atoms with van der Waals surface area (Å²) in [6, 6.07) is 75.5. The van der Waals surface area contributed by atoms with Gasteiger partial charge in [-0.15, -0.1) is 0 Å². The van der Waals surface area contributed by atoms with Crippen LogP contribution in [0.15, 0.2) is 212 Å². The van der Waals surface area contributed by atoms with E-state index in [-0.39, 0.29) is 21.7 Å². The summed E-state index contributed by atoms with van der Waals surface area (Å²) in [6.07, 6.45) is 6.11. The van der Waals surface area contributed by atoms with Crippen LogP contribution in [0.25, 0.3) is 50.1 Å². The van der Waals surface area contributed by atoms with Crippen molar-refractivity contribution in [3.63, 3.8) is 0 Å². The van der Waals surface area contributed by atoms with Crippen LogP contribution in [0.5, 0.6) is 11.5 Å². The summed E-state index contributed by atoms with van der Waals surface area (Å²) in [4.78, 5) is 5.05. The number of hydrogen-bond donors (Lipinski definition) is 0. The van der Waals surface area contributed by atoms with Crippen LogP contribution in [0.4, 0.5) is 0 Å². The number of nitrogens with zero attached hydrogens (tertiary/aromatic N) is 4. The maximum Gasteiger partial charge on any atom is 0.269 e. The summed E-state index contributed by atoms with van der Waals surface area (Å²) in [5.74, 6) is 2.37. The van der Waals surface area contributed by atoms with Gasteiger partial charge in [-0.2, -0.15) is 0 Å². The third kappa shape index (κ3) is 10.4. The predicted octanol–water partition coefficient (Wildman–Crippen LogP) is 19.4. The zero-order valence-electron chi connectivity index (χ0n) is 50.9. The lowest BCUT2D eigenvalue weighted by molar-refractivity contribution is -0.611. The topological polar surface area (TPSA) is 35.9 Å². The molecule has 5 heteroatoms. The Bertz CT molecular complexity index is 4120. The van der Waals surface area contributed by atoms with Gasteiger partial charge in [0.25, 0.3) is 6.33 Å². The molecule has 0 N–H and O–H groups in total. The smallest absolute Gasteiger partial charge is 0.269 e. The summed E-state index contributed by atoms with van der Waals surface area (Å²) in [6.45, 7) is 34.7. The van der Waals surface area contributed by atoms with E-state index in [1.54, 1.807) is 0 Å². The molecule has 0 aliphatic heterocycles. The number of hydrogen-bond acceptors (Lipinski definition) is 2. The number of rotatable bonds is 12. The number of pyridine rings is 1.